The van der Waals surface area contributed by atoms with E-state index in [1.54, 1.807) is 0 Å². The Bertz CT molecular complexity index is 2060. The van der Waals surface area contributed by atoms with E-state index in [-0.39, 0.29) is 5.41 Å². The molecule has 0 N–H and O–H groups in total. The van der Waals surface area contributed by atoms with Gasteiger partial charge < -0.3 is 0 Å². The molecule has 0 amide bonds. The zero-order valence-corrected chi connectivity index (χ0v) is 25.4. The van der Waals surface area contributed by atoms with Crippen LogP contribution in [0.3, 0.4) is 0 Å². The van der Waals surface area contributed by atoms with E-state index in [1.807, 2.05) is 43.3 Å². The van der Waals surface area contributed by atoms with Crippen LogP contribution in [-0.4, -0.2) is 9.97 Å². The van der Waals surface area contributed by atoms with Crippen LogP contribution in [0.4, 0.5) is 0 Å². The van der Waals surface area contributed by atoms with Crippen LogP contribution in [0.25, 0.3) is 61.6 Å². The van der Waals surface area contributed by atoms with Crippen LogP contribution in [0.15, 0.2) is 146 Å². The predicted molar refractivity (Wildman–Crippen MR) is 185 cm³/mol. The molecule has 44 heavy (non-hydrogen) atoms. The third-order valence-electron chi connectivity index (χ3n) is 8.86. The predicted octanol–water partition coefficient (Wildman–Crippen LogP) is 11.0. The zero-order valence-electron chi connectivity index (χ0n) is 25.4. The highest BCUT2D eigenvalue weighted by Crippen LogP contribution is 2.49. The zero-order chi connectivity index (χ0) is 30.3. The summed E-state index contributed by atoms with van der Waals surface area (Å²) < 4.78 is 0. The fraction of sp³-hybridized carbons (Fsp3) is 0.0952. The van der Waals surface area contributed by atoms with Gasteiger partial charge in [-0.2, -0.15) is 0 Å². The molecule has 7 rings (SSSR count). The first kappa shape index (κ1) is 27.5. The lowest BCUT2D eigenvalue weighted by atomic mass is 9.82. The van der Waals surface area contributed by atoms with E-state index in [4.69, 9.17) is 9.97 Å². The third kappa shape index (κ3) is 4.79. The van der Waals surface area contributed by atoms with Gasteiger partial charge in [-0.25, -0.2) is 9.97 Å². The van der Waals surface area contributed by atoms with Crippen molar-refractivity contribution >= 4 is 5.57 Å². The minimum atomic E-state index is 0.00581. The normalized spacial score (nSPS) is 13.3. The molecule has 0 atom stereocenters. The van der Waals surface area contributed by atoms with Crippen LogP contribution < -0.4 is 0 Å². The van der Waals surface area contributed by atoms with E-state index in [0.717, 1.165) is 39.2 Å². The summed E-state index contributed by atoms with van der Waals surface area (Å²) in [5, 5.41) is 0. The number of hydrogen-bond donors (Lipinski definition) is 0. The maximum Gasteiger partial charge on any atom is 0.160 e. The molecule has 0 aliphatic heterocycles. The number of rotatable bonds is 6. The first-order valence-electron chi connectivity index (χ1n) is 15.2. The topological polar surface area (TPSA) is 25.8 Å². The van der Waals surface area contributed by atoms with Gasteiger partial charge in [0.1, 0.15) is 0 Å². The highest BCUT2D eigenvalue weighted by atomic mass is 14.9. The Kier molecular flexibility index (Phi) is 6.91. The average molecular weight is 567 g/mol. The molecule has 1 heterocycles. The Labute approximate surface area is 260 Å². The van der Waals surface area contributed by atoms with Crippen LogP contribution in [-0.2, 0) is 5.41 Å². The molecule has 212 valence electrons. The first-order valence-corrected chi connectivity index (χ1v) is 15.2. The minimum absolute atomic E-state index is 0.00581. The third-order valence-corrected chi connectivity index (χ3v) is 8.86. The first-order chi connectivity index (χ1) is 21.5. The van der Waals surface area contributed by atoms with E-state index >= 15 is 0 Å². The van der Waals surface area contributed by atoms with Gasteiger partial charge >= 0.3 is 0 Å². The number of hydrogen-bond acceptors (Lipinski definition) is 2. The van der Waals surface area contributed by atoms with E-state index in [0.29, 0.717) is 5.82 Å². The molecule has 0 bridgehead atoms. The monoisotopic (exact) mass is 566 g/mol. The smallest absolute Gasteiger partial charge is 0.160 e. The molecule has 0 unspecified atom stereocenters. The summed E-state index contributed by atoms with van der Waals surface area (Å²) in [6.45, 7) is 10.7. The molecule has 0 saturated heterocycles. The van der Waals surface area contributed by atoms with Crippen molar-refractivity contribution in [2.45, 2.75) is 26.2 Å². The molecule has 0 fully saturated rings. The molecule has 1 aromatic heterocycles. The summed E-state index contributed by atoms with van der Waals surface area (Å²) in [7, 11) is 0. The highest BCUT2D eigenvalue weighted by molar-refractivity contribution is 5.85. The molecule has 0 radical (unpaired) electrons. The minimum Gasteiger partial charge on any atom is -0.228 e. The molecule has 5 aromatic carbocycles. The van der Waals surface area contributed by atoms with Crippen LogP contribution in [0.1, 0.15) is 37.6 Å². The van der Waals surface area contributed by atoms with E-state index in [1.165, 1.54) is 33.4 Å². The quantitative estimate of drug-likeness (QED) is 0.187. The maximum atomic E-state index is 5.02. The fourth-order valence-corrected chi connectivity index (χ4v) is 6.47. The second-order valence-electron chi connectivity index (χ2n) is 11.9. The van der Waals surface area contributed by atoms with Crippen molar-refractivity contribution in [3.05, 3.63) is 163 Å². The second-order valence-corrected chi connectivity index (χ2v) is 11.9. The number of nitrogens with zero attached hydrogens (tertiary/aromatic N) is 2. The number of allylic oxidation sites excluding steroid dienone is 3. The number of aromatic nitrogens is 2. The van der Waals surface area contributed by atoms with Crippen molar-refractivity contribution in [2.75, 3.05) is 0 Å². The van der Waals surface area contributed by atoms with Crippen LogP contribution in [0.2, 0.25) is 0 Å². The lowest BCUT2D eigenvalue weighted by molar-refractivity contribution is 0.660. The van der Waals surface area contributed by atoms with Crippen LogP contribution in [0.5, 0.6) is 0 Å². The largest absolute Gasteiger partial charge is 0.228 e. The molecule has 2 nitrogen and oxygen atoms in total. The summed E-state index contributed by atoms with van der Waals surface area (Å²) in [4.78, 5) is 10.00. The lowest BCUT2D eigenvalue weighted by Crippen LogP contribution is -2.14. The number of benzene rings is 5. The van der Waals surface area contributed by atoms with Gasteiger partial charge in [0, 0.05) is 16.5 Å². The molecule has 0 spiro atoms. The molecule has 1 aliphatic rings. The molecule has 6 aromatic rings. The highest BCUT2D eigenvalue weighted by Gasteiger charge is 2.35. The Morgan fingerprint density at radius 3 is 1.86 bits per heavy atom. The Morgan fingerprint density at radius 1 is 0.568 bits per heavy atom. The summed E-state index contributed by atoms with van der Waals surface area (Å²) in [6.07, 6.45) is 3.88. The van der Waals surface area contributed by atoms with Crippen molar-refractivity contribution in [3.63, 3.8) is 0 Å². The van der Waals surface area contributed by atoms with Gasteiger partial charge in [-0.1, -0.05) is 136 Å². The van der Waals surface area contributed by atoms with Crippen LogP contribution >= 0.6 is 0 Å². The van der Waals surface area contributed by atoms with Gasteiger partial charge in [-0.15, -0.1) is 0 Å². The van der Waals surface area contributed by atoms with Crippen LogP contribution in [0, 0.1) is 0 Å². The summed E-state index contributed by atoms with van der Waals surface area (Å²) >= 11 is 0. The number of fused-ring (bicyclic) bond motifs is 3. The van der Waals surface area contributed by atoms with Crippen molar-refractivity contribution in [2.24, 2.45) is 0 Å². The molecule has 0 saturated carbocycles. The van der Waals surface area contributed by atoms with Gasteiger partial charge in [0.25, 0.3) is 0 Å². The van der Waals surface area contributed by atoms with Crippen molar-refractivity contribution in [3.8, 4) is 56.0 Å². The second kappa shape index (κ2) is 11.1. The summed E-state index contributed by atoms with van der Waals surface area (Å²) in [5.41, 5.74) is 14.9. The SMILES string of the molecule is C=C/C(=C\C)c1cc(-c2ccccc2)nc(-c2cccc(-c3cccc(-c4ccc5c(c4)-c4ccccc4C5(C)C)c3)c2)n1. The molecule has 1 aliphatic carbocycles. The Balaban J connectivity index is 1.28. The average Bonchev–Trinajstić information content (AvgIpc) is 3.31. The molecular weight excluding hydrogens is 532 g/mol. The van der Waals surface area contributed by atoms with E-state index in [2.05, 4.69) is 124 Å². The van der Waals surface area contributed by atoms with E-state index < -0.39 is 0 Å². The van der Waals surface area contributed by atoms with Crippen molar-refractivity contribution < 1.29 is 0 Å². The van der Waals surface area contributed by atoms with Gasteiger partial charge in [0.05, 0.1) is 11.4 Å². The van der Waals surface area contributed by atoms with Gasteiger partial charge in [0.2, 0.25) is 0 Å². The maximum absolute atomic E-state index is 5.02. The standard InChI is InChI=1S/C42H34N2/c1-5-28(6-2)39-27-40(29-14-8-7-9-15-29)44-41(43-39)34-19-13-18-32(25-34)30-16-12-17-31(24-30)33-22-23-38-36(26-33)35-20-10-11-21-37(35)42(38,3)4/h5-27H,1H2,2-4H3/b28-6+. The Morgan fingerprint density at radius 2 is 1.16 bits per heavy atom. The van der Waals surface area contributed by atoms with E-state index in [9.17, 15) is 0 Å². The lowest BCUT2D eigenvalue weighted by Gasteiger charge is -2.21. The summed E-state index contributed by atoms with van der Waals surface area (Å²) in [5.74, 6) is 0.695. The Hall–Kier alpha value is -5.34. The van der Waals surface area contributed by atoms with Crippen molar-refractivity contribution in [1.82, 2.24) is 9.97 Å². The fourth-order valence-electron chi connectivity index (χ4n) is 6.47. The van der Waals surface area contributed by atoms with Crippen molar-refractivity contribution in [1.29, 1.82) is 0 Å². The molecule has 2 heteroatoms. The van der Waals surface area contributed by atoms with Gasteiger partial charge in [0.15, 0.2) is 5.82 Å². The summed E-state index contributed by atoms with van der Waals surface area (Å²) in [6, 6.07) is 45.4. The van der Waals surface area contributed by atoms with Gasteiger partial charge in [-0.3, -0.25) is 0 Å². The molecular formula is C42H34N2. The van der Waals surface area contributed by atoms with Gasteiger partial charge in [-0.05, 0) is 81.3 Å².